The molecule has 2 aromatic rings. The predicted molar refractivity (Wildman–Crippen MR) is 84.3 cm³/mol. The summed E-state index contributed by atoms with van der Waals surface area (Å²) in [5, 5.41) is 3.11. The number of carbonyl (C=O) groups excluding carboxylic acids is 1. The maximum Gasteiger partial charge on any atom is 0.270 e. The van der Waals surface area contributed by atoms with Gasteiger partial charge in [-0.2, -0.15) is 0 Å². The summed E-state index contributed by atoms with van der Waals surface area (Å²) in [6.07, 6.45) is 3.54. The molecule has 0 bridgehead atoms. The molecule has 1 saturated carbocycles. The van der Waals surface area contributed by atoms with E-state index < -0.39 is 11.6 Å². The standard InChI is InChI=1S/C17H15ClF2N2O/c1-9(10-2-3-10)22-17(23)16-7-14(15(18)8-21-16)11-4-12(19)6-13(20)5-11/h4-10H,2-3H2,1H3,(H,22,23)/t9-/m0/s1. The van der Waals surface area contributed by atoms with Crippen LogP contribution in [0, 0.1) is 17.6 Å². The quantitative estimate of drug-likeness (QED) is 0.908. The van der Waals surface area contributed by atoms with Crippen LogP contribution in [0.5, 0.6) is 0 Å². The monoisotopic (exact) mass is 336 g/mol. The Balaban J connectivity index is 1.90. The number of benzene rings is 1. The summed E-state index contributed by atoms with van der Waals surface area (Å²) in [4.78, 5) is 16.3. The van der Waals surface area contributed by atoms with Crippen molar-refractivity contribution in [2.45, 2.75) is 25.8 Å². The first-order valence-corrected chi connectivity index (χ1v) is 7.74. The van der Waals surface area contributed by atoms with Gasteiger partial charge in [0.2, 0.25) is 0 Å². The van der Waals surface area contributed by atoms with Crippen LogP contribution < -0.4 is 5.32 Å². The van der Waals surface area contributed by atoms with Crippen molar-refractivity contribution in [1.29, 1.82) is 0 Å². The van der Waals surface area contributed by atoms with Gasteiger partial charge in [-0.15, -0.1) is 0 Å². The van der Waals surface area contributed by atoms with Crippen molar-refractivity contribution in [3.63, 3.8) is 0 Å². The normalized spacial score (nSPS) is 15.3. The molecule has 0 unspecified atom stereocenters. The van der Waals surface area contributed by atoms with Gasteiger partial charge in [0.1, 0.15) is 17.3 Å². The average molecular weight is 337 g/mol. The Kier molecular flexibility index (Phi) is 4.31. The average Bonchev–Trinajstić information content (AvgIpc) is 3.31. The van der Waals surface area contributed by atoms with Gasteiger partial charge < -0.3 is 5.32 Å². The summed E-state index contributed by atoms with van der Waals surface area (Å²) >= 11 is 6.07. The van der Waals surface area contributed by atoms with Crippen LogP contribution in [-0.2, 0) is 0 Å². The van der Waals surface area contributed by atoms with E-state index in [9.17, 15) is 13.6 Å². The van der Waals surface area contributed by atoms with E-state index in [1.165, 1.54) is 24.4 Å². The number of amides is 1. The Morgan fingerprint density at radius 3 is 2.52 bits per heavy atom. The number of hydrogen-bond donors (Lipinski definition) is 1. The van der Waals surface area contributed by atoms with E-state index in [1.54, 1.807) is 0 Å². The van der Waals surface area contributed by atoms with Crippen molar-refractivity contribution in [2.75, 3.05) is 0 Å². The predicted octanol–water partition coefficient (Wildman–Crippen LogP) is 4.21. The minimum Gasteiger partial charge on any atom is -0.348 e. The number of aromatic nitrogens is 1. The van der Waals surface area contributed by atoms with Crippen molar-refractivity contribution in [3.05, 3.63) is 52.8 Å². The third-order valence-electron chi connectivity index (χ3n) is 3.95. The summed E-state index contributed by atoms with van der Waals surface area (Å²) in [6, 6.07) is 4.64. The van der Waals surface area contributed by atoms with Crippen LogP contribution in [0.1, 0.15) is 30.3 Å². The number of halogens is 3. The molecule has 1 aromatic heterocycles. The Hall–Kier alpha value is -2.01. The van der Waals surface area contributed by atoms with E-state index >= 15 is 0 Å². The van der Waals surface area contributed by atoms with Crippen molar-refractivity contribution in [1.82, 2.24) is 10.3 Å². The van der Waals surface area contributed by atoms with Gasteiger partial charge in [-0.1, -0.05) is 11.6 Å². The number of pyridine rings is 1. The second kappa shape index (κ2) is 6.24. The van der Waals surface area contributed by atoms with Crippen molar-refractivity contribution in [3.8, 4) is 11.1 Å². The highest BCUT2D eigenvalue weighted by Crippen LogP contribution is 2.33. The van der Waals surface area contributed by atoms with Crippen molar-refractivity contribution in [2.24, 2.45) is 5.92 Å². The molecular formula is C17H15ClF2N2O. The summed E-state index contributed by atoms with van der Waals surface area (Å²) in [7, 11) is 0. The Morgan fingerprint density at radius 1 is 1.26 bits per heavy atom. The highest BCUT2D eigenvalue weighted by molar-refractivity contribution is 6.33. The van der Waals surface area contributed by atoms with Gasteiger partial charge in [-0.25, -0.2) is 13.8 Å². The zero-order valence-electron chi connectivity index (χ0n) is 12.4. The van der Waals surface area contributed by atoms with Crippen LogP contribution in [0.15, 0.2) is 30.5 Å². The lowest BCUT2D eigenvalue weighted by Crippen LogP contribution is -2.34. The van der Waals surface area contributed by atoms with E-state index in [4.69, 9.17) is 11.6 Å². The third kappa shape index (κ3) is 3.67. The Morgan fingerprint density at radius 2 is 1.91 bits per heavy atom. The van der Waals surface area contributed by atoms with Gasteiger partial charge in [-0.05, 0) is 49.4 Å². The van der Waals surface area contributed by atoms with Crippen molar-refractivity contribution >= 4 is 17.5 Å². The zero-order valence-corrected chi connectivity index (χ0v) is 13.2. The molecule has 120 valence electrons. The first-order valence-electron chi connectivity index (χ1n) is 7.37. The van der Waals surface area contributed by atoms with Gasteiger partial charge in [0, 0.05) is 23.9 Å². The summed E-state index contributed by atoms with van der Waals surface area (Å²) in [5.74, 6) is -1.22. The van der Waals surface area contributed by atoms with Gasteiger partial charge in [0.15, 0.2) is 0 Å². The Labute approximate surface area is 137 Å². The van der Waals surface area contributed by atoms with Crippen LogP contribution in [0.3, 0.4) is 0 Å². The van der Waals surface area contributed by atoms with E-state index in [1.807, 2.05) is 6.92 Å². The molecule has 1 aliphatic carbocycles. The first kappa shape index (κ1) is 15.9. The lowest BCUT2D eigenvalue weighted by molar-refractivity contribution is 0.0931. The van der Waals surface area contributed by atoms with E-state index in [2.05, 4.69) is 10.3 Å². The molecule has 3 rings (SSSR count). The highest BCUT2D eigenvalue weighted by Gasteiger charge is 2.29. The Bertz CT molecular complexity index is 742. The van der Waals surface area contributed by atoms with Crippen molar-refractivity contribution < 1.29 is 13.6 Å². The van der Waals surface area contributed by atoms with E-state index in [0.29, 0.717) is 11.5 Å². The molecule has 3 nitrogen and oxygen atoms in total. The topological polar surface area (TPSA) is 42.0 Å². The molecule has 1 aromatic carbocycles. The van der Waals surface area contributed by atoms with Crippen LogP contribution in [0.25, 0.3) is 11.1 Å². The van der Waals surface area contributed by atoms with Crippen LogP contribution >= 0.6 is 11.6 Å². The maximum atomic E-state index is 13.4. The molecule has 0 saturated heterocycles. The fourth-order valence-electron chi connectivity index (χ4n) is 2.49. The van der Waals surface area contributed by atoms with Gasteiger partial charge in [0.05, 0.1) is 5.02 Å². The summed E-state index contributed by atoms with van der Waals surface area (Å²) in [5.41, 5.74) is 0.796. The largest absolute Gasteiger partial charge is 0.348 e. The second-order valence-corrected chi connectivity index (χ2v) is 6.21. The van der Waals surface area contributed by atoms with E-state index in [-0.39, 0.29) is 28.2 Å². The molecule has 0 spiro atoms. The van der Waals surface area contributed by atoms with Gasteiger partial charge >= 0.3 is 0 Å². The fourth-order valence-corrected chi connectivity index (χ4v) is 2.70. The molecule has 1 N–H and O–H groups in total. The lowest BCUT2D eigenvalue weighted by Gasteiger charge is -2.13. The van der Waals surface area contributed by atoms with Gasteiger partial charge in [0.25, 0.3) is 5.91 Å². The molecule has 1 heterocycles. The minimum absolute atomic E-state index is 0.0787. The van der Waals surface area contributed by atoms with Gasteiger partial charge in [-0.3, -0.25) is 4.79 Å². The molecule has 1 atom stereocenters. The lowest BCUT2D eigenvalue weighted by atomic mass is 10.1. The molecule has 1 amide bonds. The molecule has 6 heteroatoms. The fraction of sp³-hybridized carbons (Fsp3) is 0.294. The number of nitrogens with zero attached hydrogens (tertiary/aromatic N) is 1. The van der Waals surface area contributed by atoms with Crippen LogP contribution in [0.4, 0.5) is 8.78 Å². The SMILES string of the molecule is C[C@H](NC(=O)c1cc(-c2cc(F)cc(F)c2)c(Cl)cn1)C1CC1. The maximum absolute atomic E-state index is 13.4. The van der Waals surface area contributed by atoms with Crippen LogP contribution in [0.2, 0.25) is 5.02 Å². The minimum atomic E-state index is -0.707. The molecule has 1 aliphatic rings. The molecular weight excluding hydrogens is 322 g/mol. The summed E-state index contributed by atoms with van der Waals surface area (Å²) < 4.78 is 26.8. The molecule has 23 heavy (non-hydrogen) atoms. The number of carbonyl (C=O) groups is 1. The smallest absolute Gasteiger partial charge is 0.270 e. The van der Waals surface area contributed by atoms with Crippen LogP contribution in [-0.4, -0.2) is 16.9 Å². The molecule has 1 fully saturated rings. The third-order valence-corrected chi connectivity index (χ3v) is 4.25. The number of nitrogens with one attached hydrogen (secondary N) is 1. The first-order chi connectivity index (χ1) is 10.9. The summed E-state index contributed by atoms with van der Waals surface area (Å²) in [6.45, 7) is 1.95. The number of rotatable bonds is 4. The van der Waals surface area contributed by atoms with E-state index in [0.717, 1.165) is 18.9 Å². The number of hydrogen-bond acceptors (Lipinski definition) is 2. The highest BCUT2D eigenvalue weighted by atomic mass is 35.5. The molecule has 0 aliphatic heterocycles. The molecule has 0 radical (unpaired) electrons. The zero-order chi connectivity index (χ0) is 16.6. The second-order valence-electron chi connectivity index (χ2n) is 5.81.